The maximum Gasteiger partial charge on any atom is 0.382 e. The lowest BCUT2D eigenvalue weighted by molar-refractivity contribution is -0.140. The van der Waals surface area contributed by atoms with E-state index in [0.29, 0.717) is 0 Å². The van der Waals surface area contributed by atoms with Gasteiger partial charge in [-0.1, -0.05) is 0 Å². The summed E-state index contributed by atoms with van der Waals surface area (Å²) >= 11 is 0. The van der Waals surface area contributed by atoms with Crippen molar-refractivity contribution in [3.8, 4) is 0 Å². The van der Waals surface area contributed by atoms with Crippen LogP contribution < -0.4 is 5.32 Å². The number of esters is 1. The second kappa shape index (κ2) is 7.54. The normalized spacial score (nSPS) is 20.6. The van der Waals surface area contributed by atoms with Crippen LogP contribution in [0.2, 0.25) is 0 Å². The van der Waals surface area contributed by atoms with Crippen molar-refractivity contribution in [3.63, 3.8) is 0 Å². The monoisotopic (exact) mass is 411 g/mol. The van der Waals surface area contributed by atoms with Gasteiger partial charge >= 0.3 is 13.6 Å². The van der Waals surface area contributed by atoms with Crippen molar-refractivity contribution in [3.05, 3.63) is 40.6 Å². The maximum absolute atomic E-state index is 13.9. The molecule has 0 aromatic heterocycles. The summed E-state index contributed by atoms with van der Waals surface area (Å²) in [7, 11) is -4.08. The van der Waals surface area contributed by atoms with Crippen molar-refractivity contribution in [1.82, 2.24) is 0 Å². The Hall–Kier alpha value is -2.42. The highest BCUT2D eigenvalue weighted by atomic mass is 31.2. The highest BCUT2D eigenvalue weighted by Crippen LogP contribution is 2.63. The van der Waals surface area contributed by atoms with Gasteiger partial charge in [-0.2, -0.15) is 5.11 Å². The van der Waals surface area contributed by atoms with Crippen molar-refractivity contribution < 1.29 is 32.3 Å². The summed E-state index contributed by atoms with van der Waals surface area (Å²) in [4.78, 5) is 25.7. The summed E-state index contributed by atoms with van der Waals surface area (Å²) in [6, 6.07) is 3.57. The molecule has 2 aliphatic heterocycles. The fraction of sp³-hybridized carbons (Fsp3) is 0.412. The zero-order chi connectivity index (χ0) is 20.5. The molecule has 0 bridgehead atoms. The van der Waals surface area contributed by atoms with E-state index in [1.54, 1.807) is 20.8 Å². The minimum absolute atomic E-state index is 0.00316. The molecule has 0 fully saturated rings. The van der Waals surface area contributed by atoms with Gasteiger partial charge in [-0.05, 0) is 39.0 Å². The number of carbonyl (C=O) groups excluding carboxylic acids is 2. The molecular weight excluding hydrogens is 392 g/mol. The predicted molar refractivity (Wildman–Crippen MR) is 96.1 cm³/mol. The number of benzene rings is 1. The first-order valence-corrected chi connectivity index (χ1v) is 10.2. The van der Waals surface area contributed by atoms with Crippen LogP contribution in [-0.2, 0) is 33.5 Å². The zero-order valence-corrected chi connectivity index (χ0v) is 16.4. The molecule has 1 spiro atoms. The van der Waals surface area contributed by atoms with Gasteiger partial charge in [0.1, 0.15) is 11.4 Å². The Morgan fingerprint density at radius 3 is 2.50 bits per heavy atom. The van der Waals surface area contributed by atoms with E-state index in [1.807, 2.05) is 0 Å². The number of nitrogens with one attached hydrogen (secondary N) is 1. The molecule has 1 amide bonds. The number of hydrogen-bond acceptors (Lipinski definition) is 8. The number of hydrogen-bond donors (Lipinski definition) is 1. The van der Waals surface area contributed by atoms with E-state index in [4.69, 9.17) is 13.8 Å². The van der Waals surface area contributed by atoms with Crippen LogP contribution in [-0.4, -0.2) is 31.7 Å². The first kappa shape index (κ1) is 20.3. The van der Waals surface area contributed by atoms with Gasteiger partial charge in [0.05, 0.1) is 19.8 Å². The molecule has 1 aromatic rings. The molecule has 1 aromatic carbocycles. The van der Waals surface area contributed by atoms with Crippen molar-refractivity contribution in [2.24, 2.45) is 10.2 Å². The standard InChI is InChI=1S/C17H19FN3O6P/c1-4-25-15(22)13-14(28(24,26-5-2)27-6-3)20-21-17(13)11-9-10(18)7-8-12(11)19-16(17)23/h7-9H,4-6H2,1-3H3,(H,19,23). The highest BCUT2D eigenvalue weighted by Gasteiger charge is 2.60. The summed E-state index contributed by atoms with van der Waals surface area (Å²) < 4.78 is 42.8. The van der Waals surface area contributed by atoms with Crippen LogP contribution in [0.5, 0.6) is 0 Å². The minimum Gasteiger partial charge on any atom is -0.462 e. The molecule has 0 saturated carbocycles. The number of carbonyl (C=O) groups is 2. The maximum atomic E-state index is 13.9. The number of halogens is 1. The number of rotatable bonds is 7. The van der Waals surface area contributed by atoms with Crippen molar-refractivity contribution in [2.45, 2.75) is 26.3 Å². The third kappa shape index (κ3) is 2.97. The third-order valence-electron chi connectivity index (χ3n) is 4.17. The molecule has 1 unspecified atom stereocenters. The number of anilines is 1. The summed E-state index contributed by atoms with van der Waals surface area (Å²) in [5.74, 6) is -2.34. The van der Waals surface area contributed by atoms with Crippen LogP contribution in [0.4, 0.5) is 10.1 Å². The van der Waals surface area contributed by atoms with Gasteiger partial charge in [-0.3, -0.25) is 9.36 Å². The van der Waals surface area contributed by atoms with E-state index in [1.165, 1.54) is 6.07 Å². The molecule has 3 rings (SSSR count). The van der Waals surface area contributed by atoms with E-state index < -0.39 is 41.8 Å². The Bertz CT molecular complexity index is 937. The second-order valence-electron chi connectivity index (χ2n) is 5.81. The molecule has 2 aliphatic rings. The Labute approximate surface area is 160 Å². The van der Waals surface area contributed by atoms with E-state index in [0.717, 1.165) is 12.1 Å². The highest BCUT2D eigenvalue weighted by molar-refractivity contribution is 7.58. The van der Waals surface area contributed by atoms with Crippen LogP contribution in [0.25, 0.3) is 0 Å². The Morgan fingerprint density at radius 2 is 1.89 bits per heavy atom. The van der Waals surface area contributed by atoms with Gasteiger partial charge in [0.15, 0.2) is 5.44 Å². The minimum atomic E-state index is -4.08. The molecular formula is C17H19FN3O6P. The molecule has 0 saturated heterocycles. The van der Waals surface area contributed by atoms with Gasteiger partial charge < -0.3 is 19.1 Å². The molecule has 0 aliphatic carbocycles. The average Bonchev–Trinajstić information content (AvgIpc) is 3.17. The lowest BCUT2D eigenvalue weighted by Gasteiger charge is -2.22. The first-order chi connectivity index (χ1) is 13.3. The Morgan fingerprint density at radius 1 is 1.21 bits per heavy atom. The molecule has 11 heteroatoms. The molecule has 1 atom stereocenters. The summed E-state index contributed by atoms with van der Waals surface area (Å²) in [5, 5.41) is 10.4. The summed E-state index contributed by atoms with van der Waals surface area (Å²) in [6.07, 6.45) is 0. The van der Waals surface area contributed by atoms with Crippen molar-refractivity contribution in [1.29, 1.82) is 0 Å². The van der Waals surface area contributed by atoms with Crippen LogP contribution in [0.3, 0.4) is 0 Å². The number of ether oxygens (including phenoxy) is 1. The van der Waals surface area contributed by atoms with Gasteiger partial charge in [0.2, 0.25) is 5.54 Å². The number of nitrogens with zero attached hydrogens (tertiary/aromatic N) is 2. The fourth-order valence-electron chi connectivity index (χ4n) is 3.12. The molecule has 150 valence electrons. The lowest BCUT2D eigenvalue weighted by Crippen LogP contribution is -2.37. The molecule has 1 N–H and O–H groups in total. The molecule has 9 nitrogen and oxygen atoms in total. The molecule has 0 radical (unpaired) electrons. The largest absolute Gasteiger partial charge is 0.462 e. The quantitative estimate of drug-likeness (QED) is 0.543. The van der Waals surface area contributed by atoms with Gasteiger partial charge in [0, 0.05) is 11.3 Å². The molecule has 28 heavy (non-hydrogen) atoms. The first-order valence-electron chi connectivity index (χ1n) is 8.70. The second-order valence-corrected chi connectivity index (χ2v) is 7.74. The fourth-order valence-corrected chi connectivity index (χ4v) is 4.81. The van der Waals surface area contributed by atoms with Gasteiger partial charge in [-0.15, -0.1) is 5.11 Å². The topological polar surface area (TPSA) is 116 Å². The summed E-state index contributed by atoms with van der Waals surface area (Å²) in [6.45, 7) is 4.72. The van der Waals surface area contributed by atoms with Crippen molar-refractivity contribution >= 4 is 25.2 Å². The third-order valence-corrected chi connectivity index (χ3v) is 6.19. The lowest BCUT2D eigenvalue weighted by atomic mass is 9.85. The van der Waals surface area contributed by atoms with Crippen LogP contribution in [0.1, 0.15) is 26.3 Å². The number of fused-ring (bicyclic) bond motifs is 2. The predicted octanol–water partition coefficient (Wildman–Crippen LogP) is 3.48. The van der Waals surface area contributed by atoms with Gasteiger partial charge in [-0.25, -0.2) is 9.18 Å². The smallest absolute Gasteiger partial charge is 0.382 e. The van der Waals surface area contributed by atoms with Crippen LogP contribution in [0, 0.1) is 5.82 Å². The zero-order valence-electron chi connectivity index (χ0n) is 15.5. The SMILES string of the molecule is CCOC(=O)C1=C(P(=O)(OCC)OCC)N=NC12C(=O)Nc1ccc(F)cc12. The van der Waals surface area contributed by atoms with E-state index in [2.05, 4.69) is 15.5 Å². The average molecular weight is 411 g/mol. The Kier molecular flexibility index (Phi) is 5.47. The van der Waals surface area contributed by atoms with Crippen LogP contribution >= 0.6 is 7.60 Å². The Balaban J connectivity index is 2.30. The van der Waals surface area contributed by atoms with E-state index >= 15 is 0 Å². The molecule has 2 heterocycles. The summed E-state index contributed by atoms with van der Waals surface area (Å²) in [5.41, 5.74) is -2.51. The van der Waals surface area contributed by atoms with E-state index in [9.17, 15) is 18.5 Å². The van der Waals surface area contributed by atoms with E-state index in [-0.39, 0.29) is 31.1 Å². The van der Waals surface area contributed by atoms with Gasteiger partial charge in [0.25, 0.3) is 5.91 Å². The van der Waals surface area contributed by atoms with Crippen LogP contribution in [0.15, 0.2) is 39.4 Å². The number of amides is 1. The number of azo groups is 1. The van der Waals surface area contributed by atoms with Crippen molar-refractivity contribution in [2.75, 3.05) is 25.1 Å².